The van der Waals surface area contributed by atoms with Gasteiger partial charge in [0.2, 0.25) is 35.4 Å². The second-order valence-electron chi connectivity index (χ2n) is 10.1. The molecule has 2 heterocycles. The van der Waals surface area contributed by atoms with Crippen LogP contribution in [0.15, 0.2) is 36.8 Å². The quantitative estimate of drug-likeness (QED) is 0.136. The largest absolute Gasteiger partial charge is 0.370 e. The highest BCUT2D eigenvalue weighted by molar-refractivity contribution is 14.1. The number of nitrogens with two attached hydrogens (primary N) is 2. The van der Waals surface area contributed by atoms with Crippen molar-refractivity contribution in [3.05, 3.63) is 51.6 Å². The van der Waals surface area contributed by atoms with Gasteiger partial charge in [-0.1, -0.05) is 12.1 Å². The molecule has 4 atom stereocenters. The summed E-state index contributed by atoms with van der Waals surface area (Å²) in [6, 6.07) is 3.16. The summed E-state index contributed by atoms with van der Waals surface area (Å²) < 4.78 is 0.981. The molecule has 0 radical (unpaired) electrons. The number of H-pyrrole nitrogens is 1. The normalized spacial score (nSPS) is 16.6. The van der Waals surface area contributed by atoms with Crippen LogP contribution in [0.1, 0.15) is 43.9 Å². The van der Waals surface area contributed by atoms with Crippen LogP contribution in [-0.2, 0) is 41.6 Å². The van der Waals surface area contributed by atoms with E-state index in [0.717, 1.165) is 9.13 Å². The average molecular weight is 695 g/mol. The predicted octanol–water partition coefficient (Wildman–Crippen LogP) is -0.984. The molecule has 0 aliphatic carbocycles. The molecule has 1 aromatic heterocycles. The van der Waals surface area contributed by atoms with Crippen LogP contribution >= 0.6 is 22.6 Å². The van der Waals surface area contributed by atoms with Gasteiger partial charge in [0.15, 0.2) is 0 Å². The molecule has 226 valence electrons. The first-order valence-electron chi connectivity index (χ1n) is 13.4. The van der Waals surface area contributed by atoms with E-state index in [2.05, 4.69) is 48.5 Å². The molecule has 0 unspecified atom stereocenters. The number of likely N-dealkylation sites (tertiary alicyclic amines) is 1. The van der Waals surface area contributed by atoms with Gasteiger partial charge in [-0.25, -0.2) is 4.98 Å². The van der Waals surface area contributed by atoms with Gasteiger partial charge < -0.3 is 37.3 Å². The summed E-state index contributed by atoms with van der Waals surface area (Å²) in [5.74, 6) is -3.69. The second-order valence-corrected chi connectivity index (χ2v) is 11.3. The van der Waals surface area contributed by atoms with Crippen LogP contribution in [0.2, 0.25) is 0 Å². The first-order valence-corrected chi connectivity index (χ1v) is 14.5. The number of nitrogens with one attached hydrogen (secondary N) is 4. The van der Waals surface area contributed by atoms with Gasteiger partial charge in [0, 0.05) is 48.2 Å². The number of nitrogens with zero attached hydrogens (tertiary/aromatic N) is 2. The molecule has 8 N–H and O–H groups in total. The van der Waals surface area contributed by atoms with E-state index in [4.69, 9.17) is 11.5 Å². The second kappa shape index (κ2) is 15.3. The van der Waals surface area contributed by atoms with Gasteiger partial charge in [0.1, 0.15) is 24.2 Å². The topological polar surface area (TPSA) is 222 Å². The van der Waals surface area contributed by atoms with Crippen LogP contribution in [0.3, 0.4) is 0 Å². The van der Waals surface area contributed by atoms with E-state index in [1.165, 1.54) is 24.3 Å². The molecular formula is C27H35IN8O6. The number of primary amides is 2. The maximum Gasteiger partial charge on any atom is 0.246 e. The lowest BCUT2D eigenvalue weighted by Crippen LogP contribution is -2.58. The van der Waals surface area contributed by atoms with Crippen LogP contribution in [0.5, 0.6) is 0 Å². The highest BCUT2D eigenvalue weighted by Crippen LogP contribution is 2.20. The number of halogens is 1. The van der Waals surface area contributed by atoms with Gasteiger partial charge in [0.25, 0.3) is 0 Å². The van der Waals surface area contributed by atoms with Crippen LogP contribution < -0.4 is 27.4 Å². The number of hydrogen-bond donors (Lipinski definition) is 6. The molecule has 42 heavy (non-hydrogen) atoms. The third-order valence-corrected chi connectivity index (χ3v) is 7.54. The summed E-state index contributed by atoms with van der Waals surface area (Å²) >= 11 is 2.15. The van der Waals surface area contributed by atoms with Gasteiger partial charge in [-0.15, -0.1) is 0 Å². The minimum absolute atomic E-state index is 0.0625. The summed E-state index contributed by atoms with van der Waals surface area (Å²) in [6.07, 6.45) is 3.72. The van der Waals surface area contributed by atoms with E-state index in [1.807, 2.05) is 24.3 Å². The number of benzene rings is 1. The molecule has 2 aromatic rings. The molecule has 1 aliphatic heterocycles. The molecule has 0 spiro atoms. The molecule has 0 bridgehead atoms. The number of aromatic amines is 1. The van der Waals surface area contributed by atoms with E-state index in [9.17, 15) is 28.8 Å². The van der Waals surface area contributed by atoms with Crippen LogP contribution in [-0.4, -0.2) is 81.0 Å². The van der Waals surface area contributed by atoms with E-state index in [0.29, 0.717) is 25.1 Å². The molecule has 1 aromatic carbocycles. The molecule has 14 nitrogen and oxygen atoms in total. The minimum atomic E-state index is -1.26. The fourth-order valence-corrected chi connectivity index (χ4v) is 5.11. The van der Waals surface area contributed by atoms with Crippen LogP contribution in [0, 0.1) is 3.57 Å². The molecule has 1 fully saturated rings. The smallest absolute Gasteiger partial charge is 0.246 e. The Kier molecular flexibility index (Phi) is 11.8. The molecule has 1 saturated heterocycles. The molecule has 6 amide bonds. The van der Waals surface area contributed by atoms with Crippen molar-refractivity contribution in [1.82, 2.24) is 30.8 Å². The maximum atomic E-state index is 13.7. The van der Waals surface area contributed by atoms with Crippen molar-refractivity contribution in [2.45, 2.75) is 69.6 Å². The Hall–Kier alpha value is -4.02. The van der Waals surface area contributed by atoms with Crippen molar-refractivity contribution in [1.29, 1.82) is 0 Å². The summed E-state index contributed by atoms with van der Waals surface area (Å²) in [4.78, 5) is 84.0. The Morgan fingerprint density at radius 1 is 1.00 bits per heavy atom. The van der Waals surface area contributed by atoms with E-state index in [-0.39, 0.29) is 25.7 Å². The van der Waals surface area contributed by atoms with Crippen LogP contribution in [0.4, 0.5) is 0 Å². The molecule has 15 heteroatoms. The lowest BCUT2D eigenvalue weighted by atomic mass is 10.0. The fraction of sp³-hybridized carbons (Fsp3) is 0.444. The third kappa shape index (κ3) is 9.53. The zero-order valence-electron chi connectivity index (χ0n) is 23.1. The fourth-order valence-electron chi connectivity index (χ4n) is 4.75. The molecule has 0 saturated carbocycles. The average Bonchev–Trinajstić information content (AvgIpc) is 3.63. The number of rotatable bonds is 14. The Balaban J connectivity index is 1.84. The van der Waals surface area contributed by atoms with E-state index < -0.39 is 59.6 Å². The highest BCUT2D eigenvalue weighted by Gasteiger charge is 2.38. The van der Waals surface area contributed by atoms with E-state index >= 15 is 0 Å². The summed E-state index contributed by atoms with van der Waals surface area (Å²) in [5.41, 5.74) is 12.2. The van der Waals surface area contributed by atoms with Gasteiger partial charge in [0.05, 0.1) is 6.33 Å². The number of amides is 6. The van der Waals surface area contributed by atoms with Gasteiger partial charge >= 0.3 is 0 Å². The summed E-state index contributed by atoms with van der Waals surface area (Å²) in [7, 11) is 0. The molecule has 3 rings (SSSR count). The Morgan fingerprint density at radius 3 is 2.26 bits per heavy atom. The Labute approximate surface area is 256 Å². The predicted molar refractivity (Wildman–Crippen MR) is 159 cm³/mol. The molecular weight excluding hydrogens is 659 g/mol. The zero-order chi connectivity index (χ0) is 30.8. The van der Waals surface area contributed by atoms with Crippen molar-refractivity contribution in [2.75, 3.05) is 6.54 Å². The lowest BCUT2D eigenvalue weighted by molar-refractivity contribution is -0.141. The van der Waals surface area contributed by atoms with Crippen molar-refractivity contribution in [2.24, 2.45) is 11.5 Å². The standard InChI is InChI=1S/C27H35IN8O6/c1-15(37)33-20(12-18-13-31-14-32-18)26(41)34-19(8-9-23(29)38)25(40)35-21(11-16-4-6-17(28)7-5-16)27(42)36-10-2-3-22(36)24(30)39/h4-7,13-14,19-22H,2-3,8-12H2,1H3,(H2,29,38)(H2,30,39)(H,31,32)(H,33,37)(H,34,41)(H,35,40)/t19-,20-,21+,22+/m0/s1. The molecule has 1 aliphatic rings. The Morgan fingerprint density at radius 2 is 1.67 bits per heavy atom. The lowest BCUT2D eigenvalue weighted by Gasteiger charge is -2.29. The SMILES string of the molecule is CC(=O)N[C@@H](Cc1cnc[nH]1)C(=O)N[C@@H](CCC(N)=O)C(=O)N[C@H](Cc1ccc(I)cc1)C(=O)N1CCC[C@@H]1C(N)=O. The zero-order valence-corrected chi connectivity index (χ0v) is 25.3. The maximum absolute atomic E-state index is 13.7. The number of aromatic nitrogens is 2. The first kappa shape index (κ1) is 32.5. The van der Waals surface area contributed by atoms with Crippen molar-refractivity contribution in [3.8, 4) is 0 Å². The van der Waals surface area contributed by atoms with Crippen molar-refractivity contribution in [3.63, 3.8) is 0 Å². The Bertz CT molecular complexity index is 1290. The van der Waals surface area contributed by atoms with Crippen LogP contribution in [0.25, 0.3) is 0 Å². The van der Waals surface area contributed by atoms with Crippen molar-refractivity contribution < 1.29 is 28.8 Å². The number of imidazole rings is 1. The monoisotopic (exact) mass is 694 g/mol. The van der Waals surface area contributed by atoms with Gasteiger partial charge in [-0.05, 0) is 59.5 Å². The van der Waals surface area contributed by atoms with Crippen molar-refractivity contribution >= 4 is 58.0 Å². The highest BCUT2D eigenvalue weighted by atomic mass is 127. The van der Waals surface area contributed by atoms with Gasteiger partial charge in [-0.2, -0.15) is 0 Å². The van der Waals surface area contributed by atoms with E-state index in [1.54, 1.807) is 0 Å². The number of carbonyl (C=O) groups is 6. The number of carbonyl (C=O) groups excluding carboxylic acids is 6. The third-order valence-electron chi connectivity index (χ3n) is 6.82. The number of hydrogen-bond acceptors (Lipinski definition) is 7. The summed E-state index contributed by atoms with van der Waals surface area (Å²) in [5, 5.41) is 7.86. The minimum Gasteiger partial charge on any atom is -0.370 e. The first-order chi connectivity index (χ1) is 19.9. The van der Waals surface area contributed by atoms with Gasteiger partial charge in [-0.3, -0.25) is 28.8 Å². The summed E-state index contributed by atoms with van der Waals surface area (Å²) in [6.45, 7) is 1.56.